The van der Waals surface area contributed by atoms with Gasteiger partial charge in [0.2, 0.25) is 0 Å². The molecule has 2 aliphatic rings. The number of amides is 1. The SMILES string of the molecule is O=C(c1ccc(Cl)cc1)N1CCN(C2CCS(=O)(=O)CC2)CC1. The standard InChI is InChI=1S/C16H21ClN2O3S/c17-14-3-1-13(2-4-14)16(20)19-9-7-18(8-10-19)15-5-11-23(21,22)12-6-15/h1-4,15H,5-12H2. The van der Waals surface area contributed by atoms with E-state index in [0.717, 1.165) is 13.1 Å². The Bertz CT molecular complexity index is 653. The quantitative estimate of drug-likeness (QED) is 0.809. The van der Waals surface area contributed by atoms with Gasteiger partial charge in [0.05, 0.1) is 11.5 Å². The molecule has 0 aromatic heterocycles. The van der Waals surface area contributed by atoms with Gasteiger partial charge in [-0.3, -0.25) is 9.69 Å². The zero-order valence-electron chi connectivity index (χ0n) is 12.9. The molecule has 0 bridgehead atoms. The summed E-state index contributed by atoms with van der Waals surface area (Å²) in [6, 6.07) is 7.30. The van der Waals surface area contributed by atoms with Crippen LogP contribution in [-0.2, 0) is 9.84 Å². The molecule has 7 heteroatoms. The Morgan fingerprint density at radius 1 is 1.00 bits per heavy atom. The van der Waals surface area contributed by atoms with Crippen molar-refractivity contribution in [1.82, 2.24) is 9.80 Å². The van der Waals surface area contributed by atoms with Crippen molar-refractivity contribution in [3.63, 3.8) is 0 Å². The van der Waals surface area contributed by atoms with Crippen molar-refractivity contribution in [2.24, 2.45) is 0 Å². The highest BCUT2D eigenvalue weighted by molar-refractivity contribution is 7.91. The molecule has 5 nitrogen and oxygen atoms in total. The molecule has 126 valence electrons. The lowest BCUT2D eigenvalue weighted by atomic mass is 10.1. The molecule has 1 aromatic rings. The molecule has 0 spiro atoms. The van der Waals surface area contributed by atoms with E-state index < -0.39 is 9.84 Å². The second-order valence-corrected chi connectivity index (χ2v) is 8.96. The Kier molecular flexibility index (Phi) is 4.94. The van der Waals surface area contributed by atoms with Gasteiger partial charge in [-0.1, -0.05) is 11.6 Å². The molecule has 0 saturated carbocycles. The Morgan fingerprint density at radius 3 is 2.13 bits per heavy atom. The van der Waals surface area contributed by atoms with Gasteiger partial charge in [0.1, 0.15) is 9.84 Å². The Balaban J connectivity index is 1.54. The molecule has 1 aromatic carbocycles. The first kappa shape index (κ1) is 16.7. The topological polar surface area (TPSA) is 57.7 Å². The minimum Gasteiger partial charge on any atom is -0.336 e. The average molecular weight is 357 g/mol. The summed E-state index contributed by atoms with van der Waals surface area (Å²) in [7, 11) is -2.82. The molecule has 0 atom stereocenters. The van der Waals surface area contributed by atoms with Crippen molar-refractivity contribution >= 4 is 27.3 Å². The van der Waals surface area contributed by atoms with Crippen molar-refractivity contribution in [2.45, 2.75) is 18.9 Å². The number of hydrogen-bond donors (Lipinski definition) is 0. The first-order valence-electron chi connectivity index (χ1n) is 7.94. The zero-order chi connectivity index (χ0) is 16.4. The van der Waals surface area contributed by atoms with Gasteiger partial charge >= 0.3 is 0 Å². The number of sulfone groups is 1. The van der Waals surface area contributed by atoms with E-state index in [1.54, 1.807) is 24.3 Å². The summed E-state index contributed by atoms with van der Waals surface area (Å²) < 4.78 is 23.0. The van der Waals surface area contributed by atoms with Crippen LogP contribution in [0.15, 0.2) is 24.3 Å². The molecule has 2 saturated heterocycles. The second-order valence-electron chi connectivity index (χ2n) is 6.22. The van der Waals surface area contributed by atoms with E-state index in [9.17, 15) is 13.2 Å². The fourth-order valence-corrected chi connectivity index (χ4v) is 4.90. The van der Waals surface area contributed by atoms with Gasteiger partial charge in [-0.25, -0.2) is 8.42 Å². The van der Waals surface area contributed by atoms with Crippen LogP contribution in [0.5, 0.6) is 0 Å². The third-order valence-electron chi connectivity index (χ3n) is 4.73. The number of nitrogens with zero attached hydrogens (tertiary/aromatic N) is 2. The van der Waals surface area contributed by atoms with Gasteiger partial charge in [0, 0.05) is 42.8 Å². The lowest BCUT2D eigenvalue weighted by molar-refractivity contribution is 0.0558. The maximum Gasteiger partial charge on any atom is 0.253 e. The smallest absolute Gasteiger partial charge is 0.253 e. The predicted octanol–water partition coefficient (Wildman–Crippen LogP) is 1.67. The normalized spacial score (nSPS) is 22.9. The molecule has 1 amide bonds. The van der Waals surface area contributed by atoms with Gasteiger partial charge in [-0.2, -0.15) is 0 Å². The minimum atomic E-state index is -2.82. The van der Waals surface area contributed by atoms with E-state index in [1.165, 1.54) is 0 Å². The summed E-state index contributed by atoms with van der Waals surface area (Å²) in [5.41, 5.74) is 0.659. The highest BCUT2D eigenvalue weighted by Gasteiger charge is 2.31. The van der Waals surface area contributed by atoms with Crippen molar-refractivity contribution in [2.75, 3.05) is 37.7 Å². The highest BCUT2D eigenvalue weighted by atomic mass is 35.5. The van der Waals surface area contributed by atoms with Crippen LogP contribution in [0.2, 0.25) is 5.02 Å². The van der Waals surface area contributed by atoms with E-state index in [1.807, 2.05) is 4.90 Å². The lowest BCUT2D eigenvalue weighted by Gasteiger charge is -2.40. The van der Waals surface area contributed by atoms with Crippen LogP contribution in [0.1, 0.15) is 23.2 Å². The van der Waals surface area contributed by atoms with E-state index in [2.05, 4.69) is 4.90 Å². The summed E-state index contributed by atoms with van der Waals surface area (Å²) in [6.45, 7) is 2.99. The van der Waals surface area contributed by atoms with Crippen LogP contribution in [-0.4, -0.2) is 67.9 Å². The number of halogens is 1. The monoisotopic (exact) mass is 356 g/mol. The van der Waals surface area contributed by atoms with Gasteiger partial charge in [-0.05, 0) is 37.1 Å². The Hall–Kier alpha value is -1.11. The molecule has 2 heterocycles. The van der Waals surface area contributed by atoms with Crippen molar-refractivity contribution in [3.05, 3.63) is 34.9 Å². The second kappa shape index (κ2) is 6.79. The van der Waals surface area contributed by atoms with E-state index in [0.29, 0.717) is 54.1 Å². The maximum absolute atomic E-state index is 12.5. The van der Waals surface area contributed by atoms with Crippen LogP contribution in [0.4, 0.5) is 0 Å². The fourth-order valence-electron chi connectivity index (χ4n) is 3.31. The lowest BCUT2D eigenvalue weighted by Crippen LogP contribution is -2.53. The molecule has 2 fully saturated rings. The zero-order valence-corrected chi connectivity index (χ0v) is 14.5. The molecule has 3 rings (SSSR count). The summed E-state index contributed by atoms with van der Waals surface area (Å²) in [4.78, 5) is 16.7. The maximum atomic E-state index is 12.5. The predicted molar refractivity (Wildman–Crippen MR) is 90.6 cm³/mol. The minimum absolute atomic E-state index is 0.0348. The summed E-state index contributed by atoms with van der Waals surface area (Å²) in [5.74, 6) is 0.621. The van der Waals surface area contributed by atoms with Crippen LogP contribution in [0.25, 0.3) is 0 Å². The van der Waals surface area contributed by atoms with E-state index in [-0.39, 0.29) is 5.91 Å². The molecule has 2 aliphatic heterocycles. The van der Waals surface area contributed by atoms with Gasteiger partial charge < -0.3 is 4.90 Å². The number of carbonyl (C=O) groups is 1. The fraction of sp³-hybridized carbons (Fsp3) is 0.562. The molecule has 0 N–H and O–H groups in total. The van der Waals surface area contributed by atoms with E-state index >= 15 is 0 Å². The number of piperazine rings is 1. The van der Waals surface area contributed by atoms with Crippen LogP contribution in [0.3, 0.4) is 0 Å². The number of benzene rings is 1. The molecule has 0 aliphatic carbocycles. The van der Waals surface area contributed by atoms with Gasteiger partial charge in [0.15, 0.2) is 0 Å². The number of rotatable bonds is 2. The third kappa shape index (κ3) is 4.05. The highest BCUT2D eigenvalue weighted by Crippen LogP contribution is 2.20. The van der Waals surface area contributed by atoms with Crippen LogP contribution < -0.4 is 0 Å². The van der Waals surface area contributed by atoms with Crippen molar-refractivity contribution in [3.8, 4) is 0 Å². The molecule has 0 radical (unpaired) electrons. The Labute approximate surface area is 142 Å². The molecule has 23 heavy (non-hydrogen) atoms. The Morgan fingerprint density at radius 2 is 1.57 bits per heavy atom. The van der Waals surface area contributed by atoms with Crippen LogP contribution >= 0.6 is 11.6 Å². The molecule has 0 unspecified atom stereocenters. The molecular weight excluding hydrogens is 336 g/mol. The number of carbonyl (C=O) groups excluding carboxylic acids is 1. The first-order valence-corrected chi connectivity index (χ1v) is 10.1. The number of hydrogen-bond acceptors (Lipinski definition) is 4. The van der Waals surface area contributed by atoms with Crippen LogP contribution in [0, 0.1) is 0 Å². The largest absolute Gasteiger partial charge is 0.336 e. The third-order valence-corrected chi connectivity index (χ3v) is 6.70. The first-order chi connectivity index (χ1) is 10.9. The summed E-state index contributed by atoms with van der Waals surface area (Å²) in [5, 5.41) is 0.624. The van der Waals surface area contributed by atoms with Gasteiger partial charge in [-0.15, -0.1) is 0 Å². The van der Waals surface area contributed by atoms with Crippen molar-refractivity contribution in [1.29, 1.82) is 0 Å². The summed E-state index contributed by atoms with van der Waals surface area (Å²) in [6.07, 6.45) is 1.43. The van der Waals surface area contributed by atoms with Gasteiger partial charge in [0.25, 0.3) is 5.91 Å². The molecular formula is C16H21ClN2O3S. The van der Waals surface area contributed by atoms with Crippen molar-refractivity contribution < 1.29 is 13.2 Å². The summed E-state index contributed by atoms with van der Waals surface area (Å²) >= 11 is 5.85. The average Bonchev–Trinajstić information content (AvgIpc) is 2.55. The van der Waals surface area contributed by atoms with E-state index in [4.69, 9.17) is 11.6 Å².